The topological polar surface area (TPSA) is 40.7 Å². The minimum absolute atomic E-state index is 0.176. The number of piperidine rings is 1. The Hall–Kier alpha value is -1.04. The van der Waals surface area contributed by atoms with Crippen LogP contribution in [0.15, 0.2) is 6.07 Å². The van der Waals surface area contributed by atoms with Crippen molar-refractivity contribution in [2.75, 3.05) is 13.1 Å². The molecular weight excluding hydrogens is 207 g/mol. The van der Waals surface area contributed by atoms with Gasteiger partial charge >= 0.3 is 6.18 Å². The second-order valence-corrected chi connectivity index (χ2v) is 3.73. The summed E-state index contributed by atoms with van der Waals surface area (Å²) >= 11 is 0. The summed E-state index contributed by atoms with van der Waals surface area (Å²) in [6, 6.07) is 1.12. The molecule has 0 unspecified atom stereocenters. The van der Waals surface area contributed by atoms with Gasteiger partial charge < -0.3 is 5.32 Å². The Morgan fingerprint density at radius 1 is 1.27 bits per heavy atom. The van der Waals surface area contributed by atoms with Crippen molar-refractivity contribution in [1.29, 1.82) is 0 Å². The van der Waals surface area contributed by atoms with Gasteiger partial charge in [0.25, 0.3) is 0 Å². The molecule has 1 aromatic heterocycles. The van der Waals surface area contributed by atoms with Gasteiger partial charge in [0, 0.05) is 11.6 Å². The molecule has 1 aliphatic rings. The zero-order chi connectivity index (χ0) is 10.9. The molecule has 2 N–H and O–H groups in total. The first kappa shape index (κ1) is 10.5. The average Bonchev–Trinajstić information content (AvgIpc) is 2.67. The summed E-state index contributed by atoms with van der Waals surface area (Å²) in [5.41, 5.74) is -0.222. The molecule has 3 nitrogen and oxygen atoms in total. The van der Waals surface area contributed by atoms with Crippen LogP contribution in [-0.2, 0) is 6.18 Å². The van der Waals surface area contributed by atoms with Crippen LogP contribution in [0.25, 0.3) is 0 Å². The number of nitrogens with one attached hydrogen (secondary N) is 2. The number of alkyl halides is 3. The van der Waals surface area contributed by atoms with Crippen molar-refractivity contribution >= 4 is 0 Å². The zero-order valence-corrected chi connectivity index (χ0v) is 8.06. The SMILES string of the molecule is FC(F)(F)c1cc(C2CCNCC2)[nH]n1. The van der Waals surface area contributed by atoms with Crippen LogP contribution in [0.2, 0.25) is 0 Å². The van der Waals surface area contributed by atoms with Gasteiger partial charge in [-0.2, -0.15) is 18.3 Å². The summed E-state index contributed by atoms with van der Waals surface area (Å²) in [7, 11) is 0. The van der Waals surface area contributed by atoms with Gasteiger partial charge in [0.05, 0.1) is 0 Å². The lowest BCUT2D eigenvalue weighted by Gasteiger charge is -2.20. The molecule has 0 bridgehead atoms. The van der Waals surface area contributed by atoms with Gasteiger partial charge in [-0.25, -0.2) is 0 Å². The van der Waals surface area contributed by atoms with E-state index in [1.807, 2.05) is 0 Å². The average molecular weight is 219 g/mol. The van der Waals surface area contributed by atoms with Gasteiger partial charge in [0.1, 0.15) is 0 Å². The van der Waals surface area contributed by atoms with Crippen molar-refractivity contribution < 1.29 is 13.2 Å². The summed E-state index contributed by atoms with van der Waals surface area (Å²) in [5.74, 6) is 0.176. The Kier molecular flexibility index (Phi) is 2.68. The van der Waals surface area contributed by atoms with Gasteiger partial charge in [0.2, 0.25) is 0 Å². The quantitative estimate of drug-likeness (QED) is 0.757. The fourth-order valence-corrected chi connectivity index (χ4v) is 1.82. The lowest BCUT2D eigenvalue weighted by atomic mass is 9.94. The van der Waals surface area contributed by atoms with Crippen molar-refractivity contribution in [3.8, 4) is 0 Å². The molecule has 84 valence electrons. The van der Waals surface area contributed by atoms with Gasteiger partial charge in [-0.1, -0.05) is 0 Å². The molecule has 0 saturated carbocycles. The number of hydrogen-bond donors (Lipinski definition) is 2. The molecule has 0 aromatic carbocycles. The van der Waals surface area contributed by atoms with E-state index in [-0.39, 0.29) is 5.92 Å². The number of aromatic amines is 1. The first-order valence-corrected chi connectivity index (χ1v) is 4.90. The lowest BCUT2D eigenvalue weighted by Crippen LogP contribution is -2.26. The van der Waals surface area contributed by atoms with E-state index in [1.54, 1.807) is 0 Å². The number of rotatable bonds is 1. The van der Waals surface area contributed by atoms with Crippen LogP contribution < -0.4 is 5.32 Å². The molecule has 6 heteroatoms. The maximum absolute atomic E-state index is 12.3. The van der Waals surface area contributed by atoms with E-state index in [1.165, 1.54) is 0 Å². The number of halogens is 3. The normalized spacial score (nSPS) is 19.4. The maximum Gasteiger partial charge on any atom is 0.435 e. The van der Waals surface area contributed by atoms with Gasteiger partial charge in [-0.3, -0.25) is 5.10 Å². The van der Waals surface area contributed by atoms with E-state index in [0.29, 0.717) is 5.69 Å². The van der Waals surface area contributed by atoms with Crippen LogP contribution >= 0.6 is 0 Å². The van der Waals surface area contributed by atoms with Crippen molar-refractivity contribution in [1.82, 2.24) is 15.5 Å². The third-order valence-electron chi connectivity index (χ3n) is 2.67. The van der Waals surface area contributed by atoms with Crippen LogP contribution in [0.1, 0.15) is 30.1 Å². The summed E-state index contributed by atoms with van der Waals surface area (Å²) in [6.45, 7) is 1.70. The first-order chi connectivity index (χ1) is 7.07. The summed E-state index contributed by atoms with van der Waals surface area (Å²) < 4.78 is 36.8. The van der Waals surface area contributed by atoms with Crippen molar-refractivity contribution in [2.24, 2.45) is 0 Å². The number of nitrogens with zero attached hydrogens (tertiary/aromatic N) is 1. The Balaban J connectivity index is 2.12. The minimum Gasteiger partial charge on any atom is -0.317 e. The van der Waals surface area contributed by atoms with E-state index in [0.717, 1.165) is 32.0 Å². The second kappa shape index (κ2) is 3.84. The highest BCUT2D eigenvalue weighted by atomic mass is 19.4. The van der Waals surface area contributed by atoms with E-state index in [9.17, 15) is 13.2 Å². The lowest BCUT2D eigenvalue weighted by molar-refractivity contribution is -0.141. The van der Waals surface area contributed by atoms with Crippen LogP contribution in [0.5, 0.6) is 0 Å². The minimum atomic E-state index is -4.35. The molecule has 1 fully saturated rings. The molecule has 0 aliphatic carbocycles. The van der Waals surface area contributed by atoms with Gasteiger partial charge in [-0.05, 0) is 32.0 Å². The third-order valence-corrected chi connectivity index (χ3v) is 2.67. The molecule has 0 atom stereocenters. The number of hydrogen-bond acceptors (Lipinski definition) is 2. The molecule has 0 amide bonds. The molecule has 1 aliphatic heterocycles. The molecule has 2 heterocycles. The van der Waals surface area contributed by atoms with Crippen molar-refractivity contribution in [3.63, 3.8) is 0 Å². The van der Waals surface area contributed by atoms with E-state index < -0.39 is 11.9 Å². The number of aromatic nitrogens is 2. The number of H-pyrrole nitrogens is 1. The zero-order valence-electron chi connectivity index (χ0n) is 8.06. The molecule has 2 rings (SSSR count). The second-order valence-electron chi connectivity index (χ2n) is 3.73. The molecule has 0 radical (unpaired) electrons. The predicted octanol–water partition coefficient (Wildman–Crippen LogP) is 1.90. The van der Waals surface area contributed by atoms with E-state index in [4.69, 9.17) is 0 Å². The van der Waals surface area contributed by atoms with Gasteiger partial charge in [-0.15, -0.1) is 0 Å². The largest absolute Gasteiger partial charge is 0.435 e. The van der Waals surface area contributed by atoms with Crippen LogP contribution in [0.4, 0.5) is 13.2 Å². The smallest absolute Gasteiger partial charge is 0.317 e. The molecule has 0 spiro atoms. The fourth-order valence-electron chi connectivity index (χ4n) is 1.82. The Morgan fingerprint density at radius 2 is 1.93 bits per heavy atom. The van der Waals surface area contributed by atoms with E-state index in [2.05, 4.69) is 15.5 Å². The molecular formula is C9H12F3N3. The van der Waals surface area contributed by atoms with Crippen LogP contribution in [-0.4, -0.2) is 23.3 Å². The monoisotopic (exact) mass is 219 g/mol. The molecule has 15 heavy (non-hydrogen) atoms. The summed E-state index contributed by atoms with van der Waals surface area (Å²) in [6.07, 6.45) is -2.62. The fraction of sp³-hybridized carbons (Fsp3) is 0.667. The highest BCUT2D eigenvalue weighted by molar-refractivity contribution is 5.16. The molecule has 1 aromatic rings. The predicted molar refractivity (Wildman–Crippen MR) is 48.4 cm³/mol. The Labute approximate surface area is 85.1 Å². The first-order valence-electron chi connectivity index (χ1n) is 4.90. The standard InChI is InChI=1S/C9H12F3N3/c10-9(11,12)8-5-7(14-15-8)6-1-3-13-4-2-6/h5-6,13H,1-4H2,(H,14,15). The molecule has 1 saturated heterocycles. The maximum atomic E-state index is 12.3. The third kappa shape index (κ3) is 2.31. The summed E-state index contributed by atoms with van der Waals surface area (Å²) in [4.78, 5) is 0. The van der Waals surface area contributed by atoms with E-state index >= 15 is 0 Å². The van der Waals surface area contributed by atoms with Crippen molar-refractivity contribution in [2.45, 2.75) is 24.9 Å². The van der Waals surface area contributed by atoms with Crippen LogP contribution in [0.3, 0.4) is 0 Å². The van der Waals surface area contributed by atoms with Crippen molar-refractivity contribution in [3.05, 3.63) is 17.5 Å². The van der Waals surface area contributed by atoms with Crippen LogP contribution in [0, 0.1) is 0 Å². The highest BCUT2D eigenvalue weighted by Gasteiger charge is 2.34. The summed E-state index contributed by atoms with van der Waals surface area (Å²) in [5, 5.41) is 8.94. The Bertz CT molecular complexity index is 326. The Morgan fingerprint density at radius 3 is 2.47 bits per heavy atom. The highest BCUT2D eigenvalue weighted by Crippen LogP contribution is 2.31. The van der Waals surface area contributed by atoms with Gasteiger partial charge in [0.15, 0.2) is 5.69 Å².